The second kappa shape index (κ2) is 4.25. The molecule has 1 fully saturated rings. The second-order valence-corrected chi connectivity index (χ2v) is 5.30. The number of hydrogen-bond acceptors (Lipinski definition) is 3. The van der Waals surface area contributed by atoms with E-state index in [2.05, 4.69) is 0 Å². The molecule has 14 heavy (non-hydrogen) atoms. The summed E-state index contributed by atoms with van der Waals surface area (Å²) in [4.78, 5) is 11.1. The predicted octanol–water partition coefficient (Wildman–Crippen LogP) is 1.60. The third-order valence-corrected chi connectivity index (χ3v) is 3.56. The quantitative estimate of drug-likeness (QED) is 0.600. The van der Waals surface area contributed by atoms with Gasteiger partial charge in [0.05, 0.1) is 12.5 Å². The number of carbonyl (C=O) groups excluding carboxylic acids is 1. The Morgan fingerprint density at radius 3 is 2.43 bits per heavy atom. The molecule has 0 aromatic heterocycles. The molecular formula is C9H14Cl2O3. The van der Waals surface area contributed by atoms with Crippen LogP contribution in [0.1, 0.15) is 13.8 Å². The highest BCUT2D eigenvalue weighted by molar-refractivity contribution is 6.51. The van der Waals surface area contributed by atoms with Crippen LogP contribution in [0.15, 0.2) is 0 Å². The fourth-order valence-corrected chi connectivity index (χ4v) is 2.02. The molecule has 1 N–H and O–H groups in total. The Bertz CT molecular complexity index is 228. The van der Waals surface area contributed by atoms with Crippen LogP contribution in [-0.2, 0) is 9.53 Å². The van der Waals surface area contributed by atoms with Crippen LogP contribution in [0.2, 0.25) is 0 Å². The summed E-state index contributed by atoms with van der Waals surface area (Å²) in [5, 5.41) is 8.88. The zero-order valence-corrected chi connectivity index (χ0v) is 9.68. The zero-order valence-electron chi connectivity index (χ0n) is 8.17. The number of hydrogen-bond donors (Lipinski definition) is 1. The molecule has 2 atom stereocenters. The van der Waals surface area contributed by atoms with Gasteiger partial charge < -0.3 is 9.84 Å². The number of rotatable bonds is 4. The van der Waals surface area contributed by atoms with Crippen molar-refractivity contribution in [2.45, 2.75) is 18.2 Å². The molecule has 0 heterocycles. The van der Waals surface area contributed by atoms with E-state index in [9.17, 15) is 4.79 Å². The van der Waals surface area contributed by atoms with Crippen molar-refractivity contribution in [2.75, 3.05) is 13.2 Å². The Balaban J connectivity index is 2.31. The Labute approximate surface area is 93.3 Å². The van der Waals surface area contributed by atoms with Crippen LogP contribution in [0.4, 0.5) is 0 Å². The van der Waals surface area contributed by atoms with Gasteiger partial charge in [-0.1, -0.05) is 13.8 Å². The van der Waals surface area contributed by atoms with Crippen molar-refractivity contribution in [2.24, 2.45) is 17.8 Å². The van der Waals surface area contributed by atoms with Gasteiger partial charge in [0.1, 0.15) is 4.33 Å². The molecule has 1 aliphatic carbocycles. The van der Waals surface area contributed by atoms with Crippen molar-refractivity contribution in [3.05, 3.63) is 0 Å². The van der Waals surface area contributed by atoms with Gasteiger partial charge in [-0.05, 0) is 0 Å². The van der Waals surface area contributed by atoms with E-state index in [1.165, 1.54) is 0 Å². The molecule has 0 aromatic carbocycles. The Morgan fingerprint density at radius 2 is 2.07 bits per heavy atom. The molecule has 0 bridgehead atoms. The van der Waals surface area contributed by atoms with E-state index in [0.717, 1.165) is 0 Å². The van der Waals surface area contributed by atoms with Gasteiger partial charge in [-0.25, -0.2) is 0 Å². The van der Waals surface area contributed by atoms with Crippen LogP contribution in [0.25, 0.3) is 0 Å². The van der Waals surface area contributed by atoms with Crippen LogP contribution < -0.4 is 0 Å². The van der Waals surface area contributed by atoms with Crippen LogP contribution >= 0.6 is 23.2 Å². The number of aliphatic hydroxyl groups is 1. The summed E-state index contributed by atoms with van der Waals surface area (Å²) in [5.41, 5.74) is 0. The maximum Gasteiger partial charge on any atom is 0.308 e. The minimum absolute atomic E-state index is 0.0725. The number of esters is 1. The van der Waals surface area contributed by atoms with E-state index in [1.54, 1.807) is 13.8 Å². The Hall–Kier alpha value is 0.01000. The zero-order chi connectivity index (χ0) is 10.9. The summed E-state index contributed by atoms with van der Waals surface area (Å²) >= 11 is 11.7. The summed E-state index contributed by atoms with van der Waals surface area (Å²) in [6.45, 7) is 3.63. The first-order valence-corrected chi connectivity index (χ1v) is 5.32. The van der Waals surface area contributed by atoms with Gasteiger partial charge in [-0.3, -0.25) is 4.79 Å². The van der Waals surface area contributed by atoms with Crippen molar-refractivity contribution in [3.63, 3.8) is 0 Å². The highest BCUT2D eigenvalue weighted by atomic mass is 35.5. The van der Waals surface area contributed by atoms with Crippen molar-refractivity contribution < 1.29 is 14.6 Å². The number of halogens is 2. The molecule has 5 heteroatoms. The Morgan fingerprint density at radius 1 is 1.50 bits per heavy atom. The lowest BCUT2D eigenvalue weighted by molar-refractivity contribution is -0.147. The summed E-state index contributed by atoms with van der Waals surface area (Å²) in [7, 11) is 0. The topological polar surface area (TPSA) is 46.5 Å². The van der Waals surface area contributed by atoms with Crippen molar-refractivity contribution in [3.8, 4) is 0 Å². The molecule has 82 valence electrons. The average Bonchev–Trinajstić information content (AvgIpc) is 2.62. The molecule has 0 radical (unpaired) electrons. The first kappa shape index (κ1) is 12.1. The maximum absolute atomic E-state index is 11.1. The number of aliphatic hydroxyl groups excluding tert-OH is 1. The van der Waals surface area contributed by atoms with Gasteiger partial charge in [0, 0.05) is 18.4 Å². The fourth-order valence-electron chi connectivity index (χ4n) is 1.28. The third-order valence-electron chi connectivity index (χ3n) is 2.44. The normalized spacial score (nSPS) is 29.0. The van der Waals surface area contributed by atoms with Crippen LogP contribution in [-0.4, -0.2) is 28.6 Å². The lowest BCUT2D eigenvalue weighted by Gasteiger charge is -2.06. The summed E-state index contributed by atoms with van der Waals surface area (Å²) in [5.74, 6) is -0.733. The largest absolute Gasteiger partial charge is 0.465 e. The number of alkyl halides is 2. The molecule has 0 amide bonds. The minimum Gasteiger partial charge on any atom is -0.465 e. The average molecular weight is 241 g/mol. The second-order valence-electron chi connectivity index (χ2n) is 3.85. The smallest absolute Gasteiger partial charge is 0.308 e. The fraction of sp³-hybridized carbons (Fsp3) is 0.889. The summed E-state index contributed by atoms with van der Waals surface area (Å²) in [6, 6.07) is 0. The standard InChI is InChI=1S/C9H14Cl2O3/c1-5(2)8(13)14-4-7-6(3-12)9(7,10)11/h5-7,12H,3-4H2,1-2H3. The first-order valence-electron chi connectivity index (χ1n) is 4.56. The molecule has 0 aromatic rings. The molecule has 1 saturated carbocycles. The van der Waals surface area contributed by atoms with E-state index in [1.807, 2.05) is 0 Å². The van der Waals surface area contributed by atoms with Crippen LogP contribution in [0.3, 0.4) is 0 Å². The highest BCUT2D eigenvalue weighted by Crippen LogP contribution is 2.58. The molecule has 0 spiro atoms. The molecular weight excluding hydrogens is 227 g/mol. The monoisotopic (exact) mass is 240 g/mol. The van der Waals surface area contributed by atoms with E-state index in [4.69, 9.17) is 33.0 Å². The molecule has 0 aliphatic heterocycles. The molecule has 0 saturated heterocycles. The van der Waals surface area contributed by atoms with Gasteiger partial charge in [-0.15, -0.1) is 23.2 Å². The van der Waals surface area contributed by atoms with Gasteiger partial charge in [0.25, 0.3) is 0 Å². The first-order chi connectivity index (χ1) is 6.41. The number of carbonyl (C=O) groups is 1. The third kappa shape index (κ3) is 2.33. The van der Waals surface area contributed by atoms with Crippen molar-refractivity contribution in [1.29, 1.82) is 0 Å². The Kier molecular flexibility index (Phi) is 3.67. The highest BCUT2D eigenvalue weighted by Gasteiger charge is 2.63. The van der Waals surface area contributed by atoms with Gasteiger partial charge in [-0.2, -0.15) is 0 Å². The van der Waals surface area contributed by atoms with Crippen molar-refractivity contribution >= 4 is 29.2 Å². The van der Waals surface area contributed by atoms with E-state index < -0.39 is 4.33 Å². The van der Waals surface area contributed by atoms with E-state index in [-0.39, 0.29) is 36.9 Å². The lowest BCUT2D eigenvalue weighted by Crippen LogP contribution is -2.14. The molecule has 1 aliphatic rings. The van der Waals surface area contributed by atoms with Gasteiger partial charge in [0.15, 0.2) is 0 Å². The van der Waals surface area contributed by atoms with E-state index >= 15 is 0 Å². The minimum atomic E-state index is -0.925. The molecule has 2 unspecified atom stereocenters. The maximum atomic E-state index is 11.1. The summed E-state index contributed by atoms with van der Waals surface area (Å²) < 4.78 is 4.05. The number of ether oxygens (including phenoxy) is 1. The van der Waals surface area contributed by atoms with Gasteiger partial charge >= 0.3 is 5.97 Å². The van der Waals surface area contributed by atoms with Crippen molar-refractivity contribution in [1.82, 2.24) is 0 Å². The van der Waals surface area contributed by atoms with Crippen LogP contribution in [0.5, 0.6) is 0 Å². The predicted molar refractivity (Wildman–Crippen MR) is 54.3 cm³/mol. The van der Waals surface area contributed by atoms with Gasteiger partial charge in [0.2, 0.25) is 0 Å². The SMILES string of the molecule is CC(C)C(=O)OCC1C(CO)C1(Cl)Cl. The summed E-state index contributed by atoms with van der Waals surface area (Å²) in [6.07, 6.45) is 0. The van der Waals surface area contributed by atoms with Crippen LogP contribution in [0, 0.1) is 17.8 Å². The lowest BCUT2D eigenvalue weighted by atomic mass is 10.2. The molecule has 3 nitrogen and oxygen atoms in total. The molecule has 1 rings (SSSR count). The van der Waals surface area contributed by atoms with E-state index in [0.29, 0.717) is 0 Å².